The SMILES string of the molecule is N#CC1(NC(=O)C2CC(S(=O)(=O)c3ccccc3Cl)CN2C(=O)Cn2ccc(C(F)(F)F)n2)CC1. The first-order valence-electron chi connectivity index (χ1n) is 10.5. The van der Waals surface area contributed by atoms with Crippen molar-refractivity contribution in [3.05, 3.63) is 47.2 Å². The first-order chi connectivity index (χ1) is 16.4. The zero-order chi connectivity index (χ0) is 25.6. The monoisotopic (exact) mass is 529 g/mol. The fourth-order valence-electron chi connectivity index (χ4n) is 3.94. The van der Waals surface area contributed by atoms with E-state index in [4.69, 9.17) is 11.6 Å². The van der Waals surface area contributed by atoms with Gasteiger partial charge in [0, 0.05) is 12.7 Å². The van der Waals surface area contributed by atoms with Crippen molar-refractivity contribution < 1.29 is 31.2 Å². The van der Waals surface area contributed by atoms with E-state index in [9.17, 15) is 36.4 Å². The molecule has 2 atom stereocenters. The zero-order valence-corrected chi connectivity index (χ0v) is 19.6. The van der Waals surface area contributed by atoms with Crippen LogP contribution in [0.4, 0.5) is 13.2 Å². The fourth-order valence-corrected chi connectivity index (χ4v) is 6.16. The molecule has 186 valence electrons. The first kappa shape index (κ1) is 25.0. The lowest BCUT2D eigenvalue weighted by molar-refractivity contribution is -0.142. The number of sulfone groups is 1. The topological polar surface area (TPSA) is 125 Å². The lowest BCUT2D eigenvalue weighted by Gasteiger charge is -2.24. The number of aromatic nitrogens is 2. The smallest absolute Gasteiger partial charge is 0.336 e. The Morgan fingerprint density at radius 1 is 1.26 bits per heavy atom. The third-order valence-electron chi connectivity index (χ3n) is 6.02. The van der Waals surface area contributed by atoms with Crippen molar-refractivity contribution in [1.82, 2.24) is 20.0 Å². The van der Waals surface area contributed by atoms with Crippen molar-refractivity contribution in [2.24, 2.45) is 0 Å². The van der Waals surface area contributed by atoms with Gasteiger partial charge in [-0.3, -0.25) is 14.3 Å². The summed E-state index contributed by atoms with van der Waals surface area (Å²) in [6, 6.07) is 7.21. The van der Waals surface area contributed by atoms with E-state index >= 15 is 0 Å². The maximum absolute atomic E-state index is 13.3. The number of rotatable bonds is 6. The Morgan fingerprint density at radius 3 is 2.51 bits per heavy atom. The van der Waals surface area contributed by atoms with Gasteiger partial charge in [0.25, 0.3) is 0 Å². The number of nitriles is 1. The molecule has 1 N–H and O–H groups in total. The Hall–Kier alpha value is -3.11. The van der Waals surface area contributed by atoms with Crippen molar-refractivity contribution in [3.8, 4) is 6.07 Å². The van der Waals surface area contributed by atoms with Crippen molar-refractivity contribution in [1.29, 1.82) is 5.26 Å². The molecule has 2 amide bonds. The largest absolute Gasteiger partial charge is 0.435 e. The number of hydrogen-bond acceptors (Lipinski definition) is 6. The number of benzene rings is 1. The number of amides is 2. The van der Waals surface area contributed by atoms with Crippen LogP contribution in [0.5, 0.6) is 0 Å². The number of nitrogens with one attached hydrogen (secondary N) is 1. The molecule has 0 radical (unpaired) electrons. The van der Waals surface area contributed by atoms with Crippen LogP contribution in [0, 0.1) is 11.3 Å². The Labute approximate surface area is 203 Å². The molecular weight excluding hydrogens is 511 g/mol. The highest BCUT2D eigenvalue weighted by Gasteiger charge is 2.50. The van der Waals surface area contributed by atoms with Crippen LogP contribution in [0.25, 0.3) is 0 Å². The summed E-state index contributed by atoms with van der Waals surface area (Å²) in [4.78, 5) is 26.9. The highest BCUT2D eigenvalue weighted by atomic mass is 35.5. The number of alkyl halides is 3. The lowest BCUT2D eigenvalue weighted by Crippen LogP contribution is -2.50. The summed E-state index contributed by atoms with van der Waals surface area (Å²) in [6.45, 7) is -1.01. The van der Waals surface area contributed by atoms with Crippen molar-refractivity contribution >= 4 is 33.3 Å². The lowest BCUT2D eigenvalue weighted by atomic mass is 10.1. The molecule has 1 saturated carbocycles. The second-order valence-corrected chi connectivity index (χ2v) is 11.1. The second kappa shape index (κ2) is 8.83. The zero-order valence-electron chi connectivity index (χ0n) is 18.0. The second-order valence-electron chi connectivity index (χ2n) is 8.47. The average Bonchev–Trinajstić information content (AvgIpc) is 3.19. The molecule has 35 heavy (non-hydrogen) atoms. The van der Waals surface area contributed by atoms with E-state index in [-0.39, 0.29) is 22.9 Å². The van der Waals surface area contributed by atoms with Gasteiger partial charge in [-0.15, -0.1) is 0 Å². The van der Waals surface area contributed by atoms with Gasteiger partial charge in [-0.25, -0.2) is 8.42 Å². The van der Waals surface area contributed by atoms with E-state index in [0.717, 1.165) is 15.8 Å². The van der Waals surface area contributed by atoms with Crippen molar-refractivity contribution in [2.75, 3.05) is 6.54 Å². The summed E-state index contributed by atoms with van der Waals surface area (Å²) >= 11 is 6.07. The maximum atomic E-state index is 13.3. The van der Waals surface area contributed by atoms with Crippen LogP contribution in [-0.4, -0.2) is 58.3 Å². The van der Waals surface area contributed by atoms with Crippen LogP contribution in [0.3, 0.4) is 0 Å². The molecule has 0 bridgehead atoms. The van der Waals surface area contributed by atoms with Gasteiger partial charge in [0.05, 0.1) is 21.2 Å². The van der Waals surface area contributed by atoms with E-state index in [1.54, 1.807) is 6.07 Å². The van der Waals surface area contributed by atoms with Gasteiger partial charge in [-0.2, -0.15) is 23.5 Å². The van der Waals surface area contributed by atoms with Gasteiger partial charge in [0.15, 0.2) is 15.5 Å². The van der Waals surface area contributed by atoms with E-state index in [1.165, 1.54) is 18.2 Å². The summed E-state index contributed by atoms with van der Waals surface area (Å²) in [5, 5.41) is 14.0. The fraction of sp³-hybridized carbons (Fsp3) is 0.429. The normalized spacial score (nSPS) is 21.4. The Morgan fingerprint density at radius 2 is 1.94 bits per heavy atom. The molecule has 2 aromatic rings. The van der Waals surface area contributed by atoms with Gasteiger partial charge in [-0.05, 0) is 37.5 Å². The molecule has 0 spiro atoms. The van der Waals surface area contributed by atoms with E-state index < -0.39 is 56.9 Å². The van der Waals surface area contributed by atoms with Crippen LogP contribution in [0.2, 0.25) is 5.02 Å². The molecule has 1 saturated heterocycles. The molecule has 4 rings (SSSR count). The Kier molecular flexibility index (Phi) is 6.31. The molecule has 14 heteroatoms. The van der Waals surface area contributed by atoms with Crippen molar-refractivity contribution in [2.45, 2.75) is 53.7 Å². The highest BCUT2D eigenvalue weighted by Crippen LogP contribution is 2.36. The molecule has 2 fully saturated rings. The molecule has 2 unspecified atom stereocenters. The quantitative estimate of drug-likeness (QED) is 0.611. The molecule has 1 aliphatic heterocycles. The van der Waals surface area contributed by atoms with Gasteiger partial charge >= 0.3 is 6.18 Å². The number of carbonyl (C=O) groups excluding carboxylic acids is 2. The summed E-state index contributed by atoms with van der Waals surface area (Å²) in [5.41, 5.74) is -2.25. The van der Waals surface area contributed by atoms with Crippen LogP contribution < -0.4 is 5.32 Å². The average molecular weight is 530 g/mol. The number of hydrogen-bond donors (Lipinski definition) is 1. The number of carbonyl (C=O) groups is 2. The van der Waals surface area contributed by atoms with Gasteiger partial charge < -0.3 is 10.2 Å². The predicted octanol–water partition coefficient (Wildman–Crippen LogP) is 2.17. The molecule has 1 aliphatic carbocycles. The molecule has 9 nitrogen and oxygen atoms in total. The summed E-state index contributed by atoms with van der Waals surface area (Å²) in [7, 11) is -4.07. The minimum Gasteiger partial charge on any atom is -0.336 e. The molecule has 2 heterocycles. The van der Waals surface area contributed by atoms with E-state index in [2.05, 4.69) is 10.4 Å². The van der Waals surface area contributed by atoms with E-state index in [1.807, 2.05) is 6.07 Å². The van der Waals surface area contributed by atoms with Crippen LogP contribution in [-0.2, 0) is 32.1 Å². The number of likely N-dealkylation sites (tertiary alicyclic amines) is 1. The van der Waals surface area contributed by atoms with Crippen LogP contribution >= 0.6 is 11.6 Å². The van der Waals surface area contributed by atoms with Gasteiger partial charge in [0.2, 0.25) is 11.8 Å². The number of halogens is 4. The Balaban J connectivity index is 1.60. The molecular formula is C21H19ClF3N5O4S. The molecule has 2 aliphatic rings. The minimum absolute atomic E-state index is 0.0177. The van der Waals surface area contributed by atoms with Crippen molar-refractivity contribution in [3.63, 3.8) is 0 Å². The highest BCUT2D eigenvalue weighted by molar-refractivity contribution is 7.92. The van der Waals surface area contributed by atoms with E-state index in [0.29, 0.717) is 18.9 Å². The predicted molar refractivity (Wildman–Crippen MR) is 115 cm³/mol. The van der Waals surface area contributed by atoms with Crippen LogP contribution in [0.15, 0.2) is 41.4 Å². The first-order valence-corrected chi connectivity index (χ1v) is 12.4. The third-order valence-corrected chi connectivity index (χ3v) is 8.65. The maximum Gasteiger partial charge on any atom is 0.435 e. The summed E-state index contributed by atoms with van der Waals surface area (Å²) < 4.78 is 65.9. The third kappa shape index (κ3) is 4.99. The minimum atomic E-state index is -4.70. The summed E-state index contributed by atoms with van der Waals surface area (Å²) in [6.07, 6.45) is -3.15. The Bertz CT molecular complexity index is 1320. The van der Waals surface area contributed by atoms with Gasteiger partial charge in [0.1, 0.15) is 18.1 Å². The number of nitrogens with zero attached hydrogens (tertiary/aromatic N) is 4. The summed E-state index contributed by atoms with van der Waals surface area (Å²) in [5.74, 6) is -1.49. The van der Waals surface area contributed by atoms with Gasteiger partial charge in [-0.1, -0.05) is 23.7 Å². The van der Waals surface area contributed by atoms with Crippen LogP contribution in [0.1, 0.15) is 25.0 Å². The molecule has 1 aromatic heterocycles. The standard InChI is InChI=1S/C21H19ClF3N5O4S/c22-14-3-1-2-4-16(14)35(33,34)13-9-15(19(32)27-20(12-26)6-7-20)30(10-13)18(31)11-29-8-5-17(28-29)21(23,24)25/h1-5,8,13,15H,6-7,9-11H2,(H,27,32). The molecule has 1 aromatic carbocycles.